The number of rotatable bonds is 5. The molecular formula is C19H16Cl2N2O4. The van der Waals surface area contributed by atoms with Gasteiger partial charge in [0, 0.05) is 25.2 Å². The van der Waals surface area contributed by atoms with E-state index in [0.717, 1.165) is 5.56 Å². The van der Waals surface area contributed by atoms with Crippen LogP contribution in [0.5, 0.6) is 11.5 Å². The van der Waals surface area contributed by atoms with Crippen LogP contribution < -0.4 is 10.1 Å². The van der Waals surface area contributed by atoms with Crippen LogP contribution in [0.15, 0.2) is 42.5 Å². The summed E-state index contributed by atoms with van der Waals surface area (Å²) in [5.41, 5.74) is 0.822. The summed E-state index contributed by atoms with van der Waals surface area (Å²) in [6.45, 7) is 0.348. The third kappa shape index (κ3) is 4.40. The van der Waals surface area contributed by atoms with E-state index in [-0.39, 0.29) is 13.1 Å². The van der Waals surface area contributed by atoms with E-state index in [0.29, 0.717) is 21.5 Å². The van der Waals surface area contributed by atoms with Gasteiger partial charge in [0.05, 0.1) is 5.02 Å². The molecular weight excluding hydrogens is 391 g/mol. The smallest absolute Gasteiger partial charge is 0.290 e. The summed E-state index contributed by atoms with van der Waals surface area (Å²) >= 11 is 11.9. The van der Waals surface area contributed by atoms with Gasteiger partial charge in [0.1, 0.15) is 17.4 Å². The molecule has 0 spiro atoms. The number of ketones is 1. The fourth-order valence-electron chi connectivity index (χ4n) is 2.65. The van der Waals surface area contributed by atoms with E-state index in [2.05, 4.69) is 5.32 Å². The lowest BCUT2D eigenvalue weighted by Gasteiger charge is -2.11. The van der Waals surface area contributed by atoms with Gasteiger partial charge in [0.15, 0.2) is 0 Å². The highest BCUT2D eigenvalue weighted by Gasteiger charge is 2.41. The molecule has 140 valence electrons. The normalized spacial score (nSPS) is 16.6. The second-order valence-electron chi connectivity index (χ2n) is 6.14. The number of likely N-dealkylation sites (tertiary alicyclic amines) is 1. The monoisotopic (exact) mass is 406 g/mol. The minimum absolute atomic E-state index is 0.109. The van der Waals surface area contributed by atoms with Crippen LogP contribution in [-0.2, 0) is 20.9 Å². The zero-order chi connectivity index (χ0) is 19.6. The van der Waals surface area contributed by atoms with E-state index >= 15 is 0 Å². The zero-order valence-corrected chi connectivity index (χ0v) is 15.9. The number of hydrogen-bond donors (Lipinski definition) is 1. The van der Waals surface area contributed by atoms with Gasteiger partial charge in [0.25, 0.3) is 5.91 Å². The summed E-state index contributed by atoms with van der Waals surface area (Å²) in [6.07, 6.45) is 0. The zero-order valence-electron chi connectivity index (χ0n) is 14.4. The summed E-state index contributed by atoms with van der Waals surface area (Å²) < 4.78 is 5.70. The van der Waals surface area contributed by atoms with Gasteiger partial charge in [-0.25, -0.2) is 0 Å². The van der Waals surface area contributed by atoms with E-state index in [1.54, 1.807) is 42.5 Å². The topological polar surface area (TPSA) is 75.7 Å². The SMILES string of the molecule is CN1CC(C(=O)NCc2ccc(Oc3ccc(Cl)cc3Cl)cc2)C(=O)C1=O. The van der Waals surface area contributed by atoms with Crippen LogP contribution in [0.3, 0.4) is 0 Å². The van der Waals surface area contributed by atoms with Crippen LogP contribution in [0.25, 0.3) is 0 Å². The molecule has 0 bridgehead atoms. The largest absolute Gasteiger partial charge is 0.456 e. The van der Waals surface area contributed by atoms with Crippen LogP contribution in [0, 0.1) is 5.92 Å². The average molecular weight is 407 g/mol. The number of carbonyl (C=O) groups is 3. The molecule has 0 saturated carbocycles. The number of amides is 2. The second kappa shape index (κ2) is 7.98. The maximum absolute atomic E-state index is 12.1. The van der Waals surface area contributed by atoms with Crippen molar-refractivity contribution in [2.45, 2.75) is 6.54 Å². The number of nitrogens with one attached hydrogen (secondary N) is 1. The average Bonchev–Trinajstić information content (AvgIpc) is 2.90. The summed E-state index contributed by atoms with van der Waals surface area (Å²) in [5.74, 6) is -1.64. The third-order valence-electron chi connectivity index (χ3n) is 4.16. The van der Waals surface area contributed by atoms with Gasteiger partial charge in [-0.1, -0.05) is 35.3 Å². The highest BCUT2D eigenvalue weighted by Crippen LogP contribution is 2.31. The molecule has 1 aliphatic heterocycles. The van der Waals surface area contributed by atoms with Gasteiger partial charge in [-0.3, -0.25) is 14.4 Å². The quantitative estimate of drug-likeness (QED) is 0.611. The van der Waals surface area contributed by atoms with E-state index in [9.17, 15) is 14.4 Å². The lowest BCUT2D eigenvalue weighted by atomic mass is 10.1. The van der Waals surface area contributed by atoms with Crippen molar-refractivity contribution in [3.63, 3.8) is 0 Å². The van der Waals surface area contributed by atoms with Crippen molar-refractivity contribution in [1.82, 2.24) is 10.2 Å². The van der Waals surface area contributed by atoms with E-state index in [4.69, 9.17) is 27.9 Å². The Balaban J connectivity index is 1.57. The van der Waals surface area contributed by atoms with Crippen LogP contribution in [0.2, 0.25) is 10.0 Å². The predicted molar refractivity (Wildman–Crippen MR) is 101 cm³/mol. The van der Waals surface area contributed by atoms with Crippen LogP contribution >= 0.6 is 23.2 Å². The fourth-order valence-corrected chi connectivity index (χ4v) is 3.10. The number of nitrogens with zero attached hydrogens (tertiary/aromatic N) is 1. The first-order valence-corrected chi connectivity index (χ1v) is 8.89. The third-order valence-corrected chi connectivity index (χ3v) is 4.69. The fraction of sp³-hybridized carbons (Fsp3) is 0.211. The molecule has 2 aromatic carbocycles. The van der Waals surface area contributed by atoms with Gasteiger partial charge in [-0.05, 0) is 35.9 Å². The molecule has 1 unspecified atom stereocenters. The Morgan fingerprint density at radius 2 is 1.89 bits per heavy atom. The molecule has 1 aliphatic rings. The Labute approximate surface area is 166 Å². The van der Waals surface area contributed by atoms with Crippen molar-refractivity contribution in [3.8, 4) is 11.5 Å². The van der Waals surface area contributed by atoms with Crippen molar-refractivity contribution in [2.75, 3.05) is 13.6 Å². The summed E-state index contributed by atoms with van der Waals surface area (Å²) in [4.78, 5) is 36.6. The van der Waals surface area contributed by atoms with Crippen LogP contribution in [-0.4, -0.2) is 36.1 Å². The van der Waals surface area contributed by atoms with Crippen molar-refractivity contribution < 1.29 is 19.1 Å². The van der Waals surface area contributed by atoms with Crippen molar-refractivity contribution in [1.29, 1.82) is 0 Å². The first-order chi connectivity index (χ1) is 12.8. The predicted octanol–water partition coefficient (Wildman–Crippen LogP) is 3.06. The van der Waals surface area contributed by atoms with Crippen LogP contribution in [0.1, 0.15) is 5.56 Å². The summed E-state index contributed by atoms with van der Waals surface area (Å²) in [6, 6.07) is 12.0. The molecule has 8 heteroatoms. The minimum atomic E-state index is -0.947. The highest BCUT2D eigenvalue weighted by atomic mass is 35.5. The van der Waals surface area contributed by atoms with Gasteiger partial charge in [-0.15, -0.1) is 0 Å². The van der Waals surface area contributed by atoms with Crippen molar-refractivity contribution in [2.24, 2.45) is 5.92 Å². The minimum Gasteiger partial charge on any atom is -0.456 e. The molecule has 3 rings (SSSR count). The molecule has 2 amide bonds. The number of hydrogen-bond acceptors (Lipinski definition) is 4. The highest BCUT2D eigenvalue weighted by molar-refractivity contribution is 6.42. The van der Waals surface area contributed by atoms with Gasteiger partial charge in [0.2, 0.25) is 11.7 Å². The molecule has 1 saturated heterocycles. The number of halogens is 2. The Morgan fingerprint density at radius 3 is 2.48 bits per heavy atom. The Bertz CT molecular complexity index is 899. The Morgan fingerprint density at radius 1 is 1.19 bits per heavy atom. The van der Waals surface area contributed by atoms with E-state index in [1.165, 1.54) is 11.9 Å². The first-order valence-electron chi connectivity index (χ1n) is 8.14. The van der Waals surface area contributed by atoms with Crippen molar-refractivity contribution >= 4 is 40.8 Å². The lowest BCUT2D eigenvalue weighted by Crippen LogP contribution is -2.35. The molecule has 0 aromatic heterocycles. The lowest BCUT2D eigenvalue weighted by molar-refractivity contribution is -0.142. The van der Waals surface area contributed by atoms with Crippen molar-refractivity contribution in [3.05, 3.63) is 58.1 Å². The number of Topliss-reactive ketones (excluding diaryl/α,β-unsaturated/α-hetero) is 1. The molecule has 0 radical (unpaired) electrons. The summed E-state index contributed by atoms with van der Waals surface area (Å²) in [5, 5.41) is 3.60. The standard InChI is InChI=1S/C19H16Cl2N2O4/c1-23-10-14(17(24)19(23)26)18(25)22-9-11-2-5-13(6-3-11)27-16-7-4-12(20)8-15(16)21/h2-8,14H,9-10H2,1H3,(H,22,25). The number of ether oxygens (including phenoxy) is 1. The number of benzene rings is 2. The molecule has 0 aliphatic carbocycles. The van der Waals surface area contributed by atoms with Gasteiger partial charge >= 0.3 is 0 Å². The molecule has 1 fully saturated rings. The van der Waals surface area contributed by atoms with Gasteiger partial charge < -0.3 is 15.0 Å². The number of likely N-dealkylation sites (N-methyl/N-ethyl adjacent to an activating group) is 1. The Hall–Kier alpha value is -2.57. The molecule has 2 aromatic rings. The second-order valence-corrected chi connectivity index (χ2v) is 6.98. The molecule has 27 heavy (non-hydrogen) atoms. The summed E-state index contributed by atoms with van der Waals surface area (Å²) in [7, 11) is 1.50. The first kappa shape index (κ1) is 19.2. The van der Waals surface area contributed by atoms with E-state index < -0.39 is 23.5 Å². The molecule has 1 atom stereocenters. The van der Waals surface area contributed by atoms with E-state index in [1.807, 2.05) is 0 Å². The maximum atomic E-state index is 12.1. The van der Waals surface area contributed by atoms with Gasteiger partial charge in [-0.2, -0.15) is 0 Å². The maximum Gasteiger partial charge on any atom is 0.290 e. The molecule has 6 nitrogen and oxygen atoms in total. The van der Waals surface area contributed by atoms with Crippen LogP contribution in [0.4, 0.5) is 0 Å². The molecule has 1 N–H and O–H groups in total. The Kier molecular flexibility index (Phi) is 5.68. The molecule has 1 heterocycles. The number of carbonyl (C=O) groups excluding carboxylic acids is 3.